The van der Waals surface area contributed by atoms with E-state index in [1.165, 1.54) is 12.2 Å². The lowest BCUT2D eigenvalue weighted by Gasteiger charge is -2.20. The highest BCUT2D eigenvalue weighted by molar-refractivity contribution is 5.87. The van der Waals surface area contributed by atoms with Gasteiger partial charge in [-0.25, -0.2) is 4.79 Å². The summed E-state index contributed by atoms with van der Waals surface area (Å²) in [6, 6.07) is -1.51. The number of carboxylic acids is 1. The number of rotatable bonds is 4. The van der Waals surface area contributed by atoms with Crippen molar-refractivity contribution < 1.29 is 27.9 Å². The number of alkyl halides is 3. The molecule has 0 aromatic carbocycles. The molecule has 0 unspecified atom stereocenters. The Bertz CT molecular complexity index is 252. The zero-order valence-corrected chi connectivity index (χ0v) is 8.26. The fourth-order valence-corrected chi connectivity index (χ4v) is 0.906. The fraction of sp³-hybridized carbons (Fsp3) is 0.750. The lowest BCUT2D eigenvalue weighted by atomic mass is 9.99. The van der Waals surface area contributed by atoms with Gasteiger partial charge in [-0.2, -0.15) is 13.2 Å². The average Bonchev–Trinajstić information content (AvgIpc) is 2.10. The Hall–Kier alpha value is -1.27. The van der Waals surface area contributed by atoms with Gasteiger partial charge in [-0.05, 0) is 5.92 Å². The van der Waals surface area contributed by atoms with Crippen LogP contribution in [0.3, 0.4) is 0 Å². The Labute approximate surface area is 84.5 Å². The summed E-state index contributed by atoms with van der Waals surface area (Å²) in [6.45, 7) is 3.08. The summed E-state index contributed by atoms with van der Waals surface area (Å²) in [4.78, 5) is 21.1. The Kier molecular flexibility index (Phi) is 4.57. The number of hydrogen-bond donors (Lipinski definition) is 2. The van der Waals surface area contributed by atoms with Crippen molar-refractivity contribution in [2.24, 2.45) is 5.92 Å². The molecular weight excluding hydrogens is 215 g/mol. The summed E-state index contributed by atoms with van der Waals surface area (Å²) >= 11 is 0. The predicted octanol–water partition coefficient (Wildman–Crippen LogP) is 1.16. The lowest BCUT2D eigenvalue weighted by Crippen LogP contribution is -2.49. The Morgan fingerprint density at radius 2 is 1.87 bits per heavy atom. The number of carboxylic acid groups (broad SMARTS) is 1. The molecule has 2 N–H and O–H groups in total. The van der Waals surface area contributed by atoms with Crippen LogP contribution in [0.25, 0.3) is 0 Å². The van der Waals surface area contributed by atoms with Gasteiger partial charge in [0.1, 0.15) is 6.04 Å². The van der Waals surface area contributed by atoms with E-state index in [1.807, 2.05) is 0 Å². The van der Waals surface area contributed by atoms with Crippen molar-refractivity contribution in [3.8, 4) is 0 Å². The topological polar surface area (TPSA) is 66.4 Å². The number of carbonyl (C=O) groups excluding carboxylic acids is 1. The minimum absolute atomic E-state index is 0.356. The van der Waals surface area contributed by atoms with Gasteiger partial charge in [-0.1, -0.05) is 20.3 Å². The van der Waals surface area contributed by atoms with E-state index < -0.39 is 30.0 Å². The number of hydrogen-bond acceptors (Lipinski definition) is 2. The summed E-state index contributed by atoms with van der Waals surface area (Å²) in [6.07, 6.45) is -4.70. The first-order valence-electron chi connectivity index (χ1n) is 4.30. The van der Waals surface area contributed by atoms with Crippen LogP contribution < -0.4 is 5.32 Å². The molecule has 0 radical (unpaired) electrons. The van der Waals surface area contributed by atoms with Gasteiger partial charge >= 0.3 is 18.1 Å². The van der Waals surface area contributed by atoms with Crippen LogP contribution in [0.5, 0.6) is 0 Å². The SMILES string of the molecule is CC[C@H](C)[C@H](NC(=O)C(F)(F)F)C(=O)O. The number of halogens is 3. The maximum atomic E-state index is 11.8. The van der Waals surface area contributed by atoms with Gasteiger partial charge in [0.2, 0.25) is 0 Å². The minimum atomic E-state index is -5.05. The summed E-state index contributed by atoms with van der Waals surface area (Å²) in [5.74, 6) is -4.26. The van der Waals surface area contributed by atoms with Crippen molar-refractivity contribution in [2.75, 3.05) is 0 Å². The molecule has 88 valence electrons. The van der Waals surface area contributed by atoms with Gasteiger partial charge in [0.05, 0.1) is 0 Å². The molecule has 15 heavy (non-hydrogen) atoms. The zero-order valence-electron chi connectivity index (χ0n) is 8.26. The fourth-order valence-electron chi connectivity index (χ4n) is 0.906. The second-order valence-electron chi connectivity index (χ2n) is 3.17. The van der Waals surface area contributed by atoms with Gasteiger partial charge in [0.15, 0.2) is 0 Å². The van der Waals surface area contributed by atoms with Crippen LogP contribution >= 0.6 is 0 Å². The van der Waals surface area contributed by atoms with Crippen molar-refractivity contribution in [3.63, 3.8) is 0 Å². The molecule has 0 bridgehead atoms. The van der Waals surface area contributed by atoms with Crippen molar-refractivity contribution in [3.05, 3.63) is 0 Å². The van der Waals surface area contributed by atoms with Crippen LogP contribution in [0.4, 0.5) is 13.2 Å². The molecule has 0 aliphatic heterocycles. The van der Waals surface area contributed by atoms with Crippen LogP contribution in [0.2, 0.25) is 0 Å². The monoisotopic (exact) mass is 227 g/mol. The van der Waals surface area contributed by atoms with Gasteiger partial charge in [-0.15, -0.1) is 0 Å². The van der Waals surface area contributed by atoms with Crippen molar-refractivity contribution in [2.45, 2.75) is 32.5 Å². The second-order valence-corrected chi connectivity index (χ2v) is 3.17. The molecule has 0 fully saturated rings. The largest absolute Gasteiger partial charge is 0.480 e. The summed E-state index contributed by atoms with van der Waals surface area (Å²) in [5, 5.41) is 10.1. The highest BCUT2D eigenvalue weighted by Gasteiger charge is 2.41. The summed E-state index contributed by atoms with van der Waals surface area (Å²) in [7, 11) is 0. The molecule has 0 aliphatic carbocycles. The highest BCUT2D eigenvalue weighted by Crippen LogP contribution is 2.16. The van der Waals surface area contributed by atoms with Crippen LogP contribution in [-0.2, 0) is 9.59 Å². The van der Waals surface area contributed by atoms with E-state index in [4.69, 9.17) is 5.11 Å². The van der Waals surface area contributed by atoms with Crippen molar-refractivity contribution in [1.82, 2.24) is 5.32 Å². The quantitative estimate of drug-likeness (QED) is 0.757. The molecule has 0 rings (SSSR count). The van der Waals surface area contributed by atoms with E-state index in [2.05, 4.69) is 0 Å². The van der Waals surface area contributed by atoms with E-state index in [0.717, 1.165) is 0 Å². The van der Waals surface area contributed by atoms with Crippen molar-refractivity contribution in [1.29, 1.82) is 0 Å². The molecule has 0 aromatic rings. The molecule has 0 aliphatic rings. The molecule has 0 aromatic heterocycles. The minimum Gasteiger partial charge on any atom is -0.480 e. The first-order valence-corrected chi connectivity index (χ1v) is 4.30. The molecule has 7 heteroatoms. The third-order valence-corrected chi connectivity index (χ3v) is 2.02. The molecule has 0 saturated carbocycles. The van der Waals surface area contributed by atoms with Gasteiger partial charge in [-0.3, -0.25) is 4.79 Å². The summed E-state index contributed by atoms with van der Waals surface area (Å²) in [5.41, 5.74) is 0. The van der Waals surface area contributed by atoms with Crippen LogP contribution in [-0.4, -0.2) is 29.2 Å². The first-order chi connectivity index (χ1) is 6.70. The van der Waals surface area contributed by atoms with E-state index in [0.29, 0.717) is 6.42 Å². The van der Waals surface area contributed by atoms with E-state index in [1.54, 1.807) is 6.92 Å². The van der Waals surface area contributed by atoms with E-state index >= 15 is 0 Å². The Morgan fingerprint density at radius 3 is 2.13 bits per heavy atom. The number of nitrogens with one attached hydrogen (secondary N) is 1. The maximum absolute atomic E-state index is 11.8. The van der Waals surface area contributed by atoms with E-state index in [-0.39, 0.29) is 0 Å². The highest BCUT2D eigenvalue weighted by atomic mass is 19.4. The molecule has 0 saturated heterocycles. The molecule has 0 spiro atoms. The smallest absolute Gasteiger partial charge is 0.471 e. The Balaban J connectivity index is 4.57. The number of carbonyl (C=O) groups is 2. The second kappa shape index (κ2) is 4.99. The van der Waals surface area contributed by atoms with Gasteiger partial charge in [0, 0.05) is 0 Å². The van der Waals surface area contributed by atoms with E-state index in [9.17, 15) is 22.8 Å². The normalized spacial score (nSPS) is 15.5. The molecule has 2 atom stereocenters. The van der Waals surface area contributed by atoms with Gasteiger partial charge < -0.3 is 10.4 Å². The lowest BCUT2D eigenvalue weighted by molar-refractivity contribution is -0.176. The predicted molar refractivity (Wildman–Crippen MR) is 45.1 cm³/mol. The third kappa shape index (κ3) is 4.18. The Morgan fingerprint density at radius 1 is 1.40 bits per heavy atom. The van der Waals surface area contributed by atoms with Gasteiger partial charge in [0.25, 0.3) is 0 Å². The first kappa shape index (κ1) is 13.7. The zero-order chi connectivity index (χ0) is 12.2. The molecule has 1 amide bonds. The van der Waals surface area contributed by atoms with Crippen LogP contribution in [0, 0.1) is 5.92 Å². The maximum Gasteiger partial charge on any atom is 0.471 e. The number of aliphatic carboxylic acids is 1. The van der Waals surface area contributed by atoms with Crippen LogP contribution in [0.15, 0.2) is 0 Å². The van der Waals surface area contributed by atoms with Crippen LogP contribution in [0.1, 0.15) is 20.3 Å². The average molecular weight is 227 g/mol. The van der Waals surface area contributed by atoms with Crippen molar-refractivity contribution >= 4 is 11.9 Å². The molecule has 4 nitrogen and oxygen atoms in total. The molecule has 0 heterocycles. The number of amides is 1. The standard InChI is InChI=1S/C8H12F3NO3/c1-3-4(2)5(6(13)14)12-7(15)8(9,10)11/h4-5H,3H2,1-2H3,(H,12,15)(H,13,14)/t4-,5-/m0/s1. The summed E-state index contributed by atoms with van der Waals surface area (Å²) < 4.78 is 35.5. The third-order valence-electron chi connectivity index (χ3n) is 2.02. The molecular formula is C8H12F3NO3.